The molecule has 4 heteroatoms. The summed E-state index contributed by atoms with van der Waals surface area (Å²) in [5, 5.41) is 10.8. The molecule has 2 atom stereocenters. The molecule has 1 aliphatic carbocycles. The number of aliphatic hydroxyl groups is 1. The van der Waals surface area contributed by atoms with E-state index in [0.29, 0.717) is 17.5 Å². The van der Waals surface area contributed by atoms with Crippen molar-refractivity contribution in [3.05, 3.63) is 40.0 Å². The van der Waals surface area contributed by atoms with Gasteiger partial charge in [0, 0.05) is 18.9 Å². The average molecular weight is 288 g/mol. The lowest BCUT2D eigenvalue weighted by atomic mass is 9.90. The number of fused-ring (bicyclic) bond motifs is 1. The Bertz CT molecular complexity index is 622. The summed E-state index contributed by atoms with van der Waals surface area (Å²) in [4.78, 5) is 22.5. The molecule has 0 aromatic heterocycles. The monoisotopic (exact) mass is 288 g/mol. The van der Waals surface area contributed by atoms with Crippen LogP contribution in [0.15, 0.2) is 17.7 Å². The Balaban J connectivity index is 2.63. The van der Waals surface area contributed by atoms with Crippen LogP contribution >= 0.6 is 0 Å². The number of ether oxygens (including phenoxy) is 1. The smallest absolute Gasteiger partial charge is 0.303 e. The lowest BCUT2D eigenvalue weighted by Gasteiger charge is -2.27. The van der Waals surface area contributed by atoms with Crippen molar-refractivity contribution in [2.24, 2.45) is 0 Å². The molecular formula is C17H20O4. The summed E-state index contributed by atoms with van der Waals surface area (Å²) < 4.78 is 5.24. The fourth-order valence-electron chi connectivity index (χ4n) is 2.94. The molecule has 1 N–H and O–H groups in total. The van der Waals surface area contributed by atoms with E-state index >= 15 is 0 Å². The van der Waals surface area contributed by atoms with Gasteiger partial charge in [-0.2, -0.15) is 0 Å². The first-order valence-electron chi connectivity index (χ1n) is 6.93. The Labute approximate surface area is 124 Å². The highest BCUT2D eigenvalue weighted by Gasteiger charge is 2.46. The van der Waals surface area contributed by atoms with Crippen molar-refractivity contribution in [3.63, 3.8) is 0 Å². The van der Waals surface area contributed by atoms with Gasteiger partial charge in [-0.15, -0.1) is 0 Å². The highest BCUT2D eigenvalue weighted by Crippen LogP contribution is 2.42. The van der Waals surface area contributed by atoms with Crippen molar-refractivity contribution < 1.29 is 19.4 Å². The summed E-state index contributed by atoms with van der Waals surface area (Å²) in [6.07, 6.45) is 2.41. The van der Waals surface area contributed by atoms with Gasteiger partial charge in [-0.1, -0.05) is 23.8 Å². The van der Waals surface area contributed by atoms with Crippen molar-refractivity contribution >= 4 is 18.3 Å². The molecule has 1 aromatic carbocycles. The van der Waals surface area contributed by atoms with Crippen LogP contribution in [0.3, 0.4) is 0 Å². The average Bonchev–Trinajstić information content (AvgIpc) is 2.61. The molecule has 0 saturated heterocycles. The van der Waals surface area contributed by atoms with Crippen molar-refractivity contribution in [2.45, 2.75) is 45.8 Å². The number of rotatable bonds is 3. The third kappa shape index (κ3) is 2.76. The predicted octanol–water partition coefficient (Wildman–Crippen LogP) is 2.62. The summed E-state index contributed by atoms with van der Waals surface area (Å²) >= 11 is 0. The molecule has 0 aliphatic heterocycles. The quantitative estimate of drug-likeness (QED) is 0.686. The summed E-state index contributed by atoms with van der Waals surface area (Å²) in [6, 6.07) is 3.56. The van der Waals surface area contributed by atoms with Crippen LogP contribution in [0.4, 0.5) is 0 Å². The second-order valence-corrected chi connectivity index (χ2v) is 5.89. The van der Waals surface area contributed by atoms with Crippen molar-refractivity contribution in [2.75, 3.05) is 0 Å². The van der Waals surface area contributed by atoms with Crippen molar-refractivity contribution in [1.29, 1.82) is 0 Å². The second kappa shape index (κ2) is 5.45. The van der Waals surface area contributed by atoms with Gasteiger partial charge in [0.2, 0.25) is 0 Å². The van der Waals surface area contributed by atoms with E-state index in [9.17, 15) is 14.7 Å². The minimum absolute atomic E-state index is 0.348. The van der Waals surface area contributed by atoms with Crippen molar-refractivity contribution in [3.8, 4) is 0 Å². The summed E-state index contributed by atoms with van der Waals surface area (Å²) in [5.41, 5.74) is 2.61. The largest absolute Gasteiger partial charge is 0.459 e. The lowest BCUT2D eigenvalue weighted by molar-refractivity contribution is -0.159. The standard InChI is InChI=1S/C17H20O4/c1-10(2)7-12-5-6-13(9-18)14-8-15(21-11(3)19)17(4,20)16(12)14/h5-7,9,15,20H,8H2,1-4H3. The van der Waals surface area contributed by atoms with Gasteiger partial charge in [0.25, 0.3) is 0 Å². The van der Waals surface area contributed by atoms with E-state index in [-0.39, 0.29) is 0 Å². The van der Waals surface area contributed by atoms with Crippen LogP contribution in [0.25, 0.3) is 6.08 Å². The highest BCUT2D eigenvalue weighted by molar-refractivity contribution is 5.81. The number of hydrogen-bond donors (Lipinski definition) is 1. The Morgan fingerprint density at radius 1 is 1.33 bits per heavy atom. The normalized spacial score (nSPS) is 23.4. The molecule has 0 radical (unpaired) electrons. The molecule has 112 valence electrons. The van der Waals surface area contributed by atoms with Gasteiger partial charge in [-0.3, -0.25) is 9.59 Å². The first-order chi connectivity index (χ1) is 9.77. The Hall–Kier alpha value is -1.94. The number of carbonyl (C=O) groups is 2. The maximum atomic E-state index is 11.2. The molecule has 4 nitrogen and oxygen atoms in total. The van der Waals surface area contributed by atoms with Gasteiger partial charge < -0.3 is 9.84 Å². The fourth-order valence-corrected chi connectivity index (χ4v) is 2.94. The number of esters is 1. The van der Waals surface area contributed by atoms with Crippen LogP contribution in [0.5, 0.6) is 0 Å². The zero-order chi connectivity index (χ0) is 15.8. The topological polar surface area (TPSA) is 63.6 Å². The molecule has 0 fully saturated rings. The lowest BCUT2D eigenvalue weighted by Crippen LogP contribution is -2.36. The van der Waals surface area contributed by atoms with E-state index in [0.717, 1.165) is 23.0 Å². The van der Waals surface area contributed by atoms with Crippen LogP contribution in [0, 0.1) is 0 Å². The molecule has 21 heavy (non-hydrogen) atoms. The minimum atomic E-state index is -1.30. The van der Waals surface area contributed by atoms with Crippen LogP contribution < -0.4 is 0 Å². The van der Waals surface area contributed by atoms with E-state index in [1.54, 1.807) is 13.0 Å². The van der Waals surface area contributed by atoms with E-state index in [4.69, 9.17) is 4.74 Å². The van der Waals surface area contributed by atoms with E-state index in [2.05, 4.69) is 0 Å². The molecule has 0 saturated carbocycles. The molecule has 0 amide bonds. The zero-order valence-electron chi connectivity index (χ0n) is 12.8. The molecular weight excluding hydrogens is 268 g/mol. The van der Waals surface area contributed by atoms with Crippen LogP contribution in [0.1, 0.15) is 54.7 Å². The second-order valence-electron chi connectivity index (χ2n) is 5.89. The maximum absolute atomic E-state index is 11.2. The van der Waals surface area contributed by atoms with Crippen LogP contribution in [-0.4, -0.2) is 23.5 Å². The fraction of sp³-hybridized carbons (Fsp3) is 0.412. The molecule has 0 spiro atoms. The number of hydrogen-bond acceptors (Lipinski definition) is 4. The predicted molar refractivity (Wildman–Crippen MR) is 80.0 cm³/mol. The Kier molecular flexibility index (Phi) is 4.01. The number of benzene rings is 1. The van der Waals surface area contributed by atoms with Gasteiger partial charge >= 0.3 is 5.97 Å². The summed E-state index contributed by atoms with van der Waals surface area (Å²) in [6.45, 7) is 6.88. The van der Waals surface area contributed by atoms with Gasteiger partial charge in [0.1, 0.15) is 18.0 Å². The van der Waals surface area contributed by atoms with E-state index < -0.39 is 17.7 Å². The summed E-state index contributed by atoms with van der Waals surface area (Å²) in [5.74, 6) is -0.440. The zero-order valence-corrected chi connectivity index (χ0v) is 12.8. The number of allylic oxidation sites excluding steroid dienone is 1. The summed E-state index contributed by atoms with van der Waals surface area (Å²) in [7, 11) is 0. The molecule has 1 aromatic rings. The first-order valence-corrected chi connectivity index (χ1v) is 6.93. The van der Waals surface area contributed by atoms with Gasteiger partial charge in [-0.05, 0) is 37.5 Å². The minimum Gasteiger partial charge on any atom is -0.459 e. The third-order valence-corrected chi connectivity index (χ3v) is 3.78. The SMILES string of the molecule is CC(=O)OC1Cc2c(C=O)ccc(C=C(C)C)c2C1(C)O. The van der Waals surface area contributed by atoms with Crippen molar-refractivity contribution in [1.82, 2.24) is 0 Å². The van der Waals surface area contributed by atoms with Gasteiger partial charge in [0.05, 0.1) is 0 Å². The number of aldehydes is 1. The highest BCUT2D eigenvalue weighted by atomic mass is 16.6. The number of carbonyl (C=O) groups excluding carboxylic acids is 2. The van der Waals surface area contributed by atoms with E-state index in [1.165, 1.54) is 6.92 Å². The molecule has 2 rings (SSSR count). The maximum Gasteiger partial charge on any atom is 0.303 e. The molecule has 0 heterocycles. The molecule has 0 bridgehead atoms. The van der Waals surface area contributed by atoms with Crippen LogP contribution in [0.2, 0.25) is 0 Å². The van der Waals surface area contributed by atoms with Gasteiger partial charge in [0.15, 0.2) is 0 Å². The Morgan fingerprint density at radius 2 is 1.95 bits per heavy atom. The molecule has 2 unspecified atom stereocenters. The van der Waals surface area contributed by atoms with Crippen LogP contribution in [-0.2, 0) is 21.6 Å². The molecule has 1 aliphatic rings. The van der Waals surface area contributed by atoms with Gasteiger partial charge in [-0.25, -0.2) is 0 Å². The first kappa shape index (κ1) is 15.4. The van der Waals surface area contributed by atoms with E-state index in [1.807, 2.05) is 26.0 Å². The third-order valence-electron chi connectivity index (χ3n) is 3.78. The Morgan fingerprint density at radius 3 is 2.48 bits per heavy atom.